The molecule has 5 heteroatoms. The minimum atomic E-state index is -4.48. The molecule has 1 atom stereocenters. The summed E-state index contributed by atoms with van der Waals surface area (Å²) in [6, 6.07) is 10.6. The van der Waals surface area contributed by atoms with Crippen LogP contribution in [0.5, 0.6) is 5.75 Å². The molecule has 1 unspecified atom stereocenters. The van der Waals surface area contributed by atoms with Crippen molar-refractivity contribution in [2.45, 2.75) is 25.1 Å². The van der Waals surface area contributed by atoms with E-state index in [1.54, 1.807) is 19.1 Å². The molecule has 2 rings (SSSR count). The summed E-state index contributed by atoms with van der Waals surface area (Å²) in [5.41, 5.74) is -2.22. The summed E-state index contributed by atoms with van der Waals surface area (Å²) in [6.45, 7) is 1.65. The van der Waals surface area contributed by atoms with E-state index in [4.69, 9.17) is 0 Å². The van der Waals surface area contributed by atoms with Gasteiger partial charge >= 0.3 is 6.18 Å². The molecule has 2 aromatic rings. The molecule has 0 aromatic heterocycles. The van der Waals surface area contributed by atoms with E-state index in [2.05, 4.69) is 0 Å². The fourth-order valence-electron chi connectivity index (χ4n) is 2.33. The zero-order chi connectivity index (χ0) is 15.7. The summed E-state index contributed by atoms with van der Waals surface area (Å²) in [5, 5.41) is 20.7. The van der Waals surface area contributed by atoms with Crippen molar-refractivity contribution in [1.29, 1.82) is 0 Å². The Morgan fingerprint density at radius 3 is 2.14 bits per heavy atom. The molecular formula is C16H15F3O2. The largest absolute Gasteiger partial charge is 0.508 e. The zero-order valence-corrected chi connectivity index (χ0v) is 11.4. The molecule has 0 radical (unpaired) electrons. The van der Waals surface area contributed by atoms with Crippen LogP contribution in [0.25, 0.3) is 0 Å². The average Bonchev–Trinajstić information content (AvgIpc) is 2.46. The standard InChI is InChI=1S/C16H15F3O2/c1-2-15(21,13-8-3-4-9-14(13)20)11-6-5-7-12(10-11)16(17,18)19/h3-10,20-21H,2H2,1H3. The second kappa shape index (κ2) is 5.41. The van der Waals surface area contributed by atoms with E-state index in [9.17, 15) is 23.4 Å². The monoisotopic (exact) mass is 296 g/mol. The summed E-state index contributed by atoms with van der Waals surface area (Å²) in [5.74, 6) is -0.153. The molecule has 2 N–H and O–H groups in total. The number of halogens is 3. The Morgan fingerprint density at radius 2 is 1.57 bits per heavy atom. The van der Waals surface area contributed by atoms with E-state index in [0.717, 1.165) is 12.1 Å². The van der Waals surface area contributed by atoms with Crippen LogP contribution in [0, 0.1) is 0 Å². The normalized spacial score (nSPS) is 14.7. The Labute approximate surface area is 120 Å². The number of hydrogen-bond acceptors (Lipinski definition) is 2. The maximum Gasteiger partial charge on any atom is 0.416 e. The van der Waals surface area contributed by atoms with E-state index in [1.807, 2.05) is 0 Å². The van der Waals surface area contributed by atoms with Gasteiger partial charge in [-0.15, -0.1) is 0 Å². The molecule has 0 amide bonds. The summed E-state index contributed by atoms with van der Waals surface area (Å²) < 4.78 is 38.4. The molecule has 21 heavy (non-hydrogen) atoms. The van der Waals surface area contributed by atoms with Gasteiger partial charge in [0.1, 0.15) is 11.4 Å². The lowest BCUT2D eigenvalue weighted by molar-refractivity contribution is -0.137. The first-order valence-corrected chi connectivity index (χ1v) is 6.47. The lowest BCUT2D eigenvalue weighted by atomic mass is 9.83. The number of para-hydroxylation sites is 1. The minimum absolute atomic E-state index is 0.0984. The summed E-state index contributed by atoms with van der Waals surface area (Å²) in [4.78, 5) is 0. The van der Waals surface area contributed by atoms with E-state index in [-0.39, 0.29) is 23.3 Å². The molecule has 0 aliphatic heterocycles. The van der Waals surface area contributed by atoms with Crippen molar-refractivity contribution >= 4 is 0 Å². The summed E-state index contributed by atoms with van der Waals surface area (Å²) in [7, 11) is 0. The van der Waals surface area contributed by atoms with Crippen LogP contribution in [0.4, 0.5) is 13.2 Å². The van der Waals surface area contributed by atoms with Crippen molar-refractivity contribution in [3.05, 3.63) is 65.2 Å². The van der Waals surface area contributed by atoms with E-state index >= 15 is 0 Å². The van der Waals surface area contributed by atoms with Crippen molar-refractivity contribution < 1.29 is 23.4 Å². The first-order valence-electron chi connectivity index (χ1n) is 6.47. The molecule has 0 aliphatic rings. The number of phenols is 1. The van der Waals surface area contributed by atoms with E-state index in [0.29, 0.717) is 0 Å². The zero-order valence-electron chi connectivity index (χ0n) is 11.4. The quantitative estimate of drug-likeness (QED) is 0.897. The van der Waals surface area contributed by atoms with Gasteiger partial charge in [0.25, 0.3) is 0 Å². The highest BCUT2D eigenvalue weighted by atomic mass is 19.4. The second-order valence-electron chi connectivity index (χ2n) is 4.81. The molecule has 0 heterocycles. The fraction of sp³-hybridized carbons (Fsp3) is 0.250. The van der Waals surface area contributed by atoms with Crippen molar-refractivity contribution in [3.63, 3.8) is 0 Å². The average molecular weight is 296 g/mol. The highest BCUT2D eigenvalue weighted by molar-refractivity contribution is 5.45. The van der Waals surface area contributed by atoms with Gasteiger partial charge in [0.15, 0.2) is 0 Å². The molecule has 2 aromatic carbocycles. The topological polar surface area (TPSA) is 40.5 Å². The van der Waals surface area contributed by atoms with Crippen molar-refractivity contribution in [2.24, 2.45) is 0 Å². The number of aliphatic hydroxyl groups is 1. The first-order chi connectivity index (χ1) is 9.79. The van der Waals surface area contributed by atoms with Crippen LogP contribution in [0.2, 0.25) is 0 Å². The number of rotatable bonds is 3. The van der Waals surface area contributed by atoms with Crippen molar-refractivity contribution in [3.8, 4) is 5.75 Å². The molecule has 0 bridgehead atoms. The Kier molecular flexibility index (Phi) is 3.96. The van der Waals surface area contributed by atoms with Crippen molar-refractivity contribution in [1.82, 2.24) is 0 Å². The molecular weight excluding hydrogens is 281 g/mol. The molecule has 0 saturated heterocycles. The third-order valence-electron chi connectivity index (χ3n) is 3.53. The number of alkyl halides is 3. The van der Waals surface area contributed by atoms with Crippen molar-refractivity contribution in [2.75, 3.05) is 0 Å². The number of hydrogen-bond donors (Lipinski definition) is 2. The maximum absolute atomic E-state index is 12.8. The van der Waals surface area contributed by atoms with Crippen LogP contribution in [-0.2, 0) is 11.8 Å². The SMILES string of the molecule is CCC(O)(c1cccc(C(F)(F)F)c1)c1ccccc1O. The van der Waals surface area contributed by atoms with E-state index < -0.39 is 17.3 Å². The molecule has 112 valence electrons. The van der Waals surface area contributed by atoms with Gasteiger partial charge in [-0.1, -0.05) is 37.3 Å². The number of aromatic hydroxyl groups is 1. The Morgan fingerprint density at radius 1 is 0.952 bits per heavy atom. The molecule has 0 saturated carbocycles. The number of benzene rings is 2. The van der Waals surface area contributed by atoms with Gasteiger partial charge in [0.05, 0.1) is 5.56 Å². The molecule has 0 aliphatic carbocycles. The van der Waals surface area contributed by atoms with Gasteiger partial charge in [-0.3, -0.25) is 0 Å². The van der Waals surface area contributed by atoms with Crippen LogP contribution in [0.3, 0.4) is 0 Å². The summed E-state index contributed by atoms with van der Waals surface area (Å²) >= 11 is 0. The summed E-state index contributed by atoms with van der Waals surface area (Å²) in [6.07, 6.45) is -4.35. The van der Waals surface area contributed by atoms with E-state index in [1.165, 1.54) is 24.3 Å². The minimum Gasteiger partial charge on any atom is -0.508 e. The van der Waals surface area contributed by atoms with Gasteiger partial charge in [-0.2, -0.15) is 13.2 Å². The Balaban J connectivity index is 2.59. The van der Waals surface area contributed by atoms with Gasteiger partial charge in [-0.25, -0.2) is 0 Å². The highest BCUT2D eigenvalue weighted by Crippen LogP contribution is 2.39. The second-order valence-corrected chi connectivity index (χ2v) is 4.81. The molecule has 2 nitrogen and oxygen atoms in total. The predicted octanol–water partition coefficient (Wildman–Crippen LogP) is 4.06. The van der Waals surface area contributed by atoms with Crippen LogP contribution in [-0.4, -0.2) is 10.2 Å². The first kappa shape index (κ1) is 15.4. The fourth-order valence-corrected chi connectivity index (χ4v) is 2.33. The van der Waals surface area contributed by atoms with Gasteiger partial charge in [-0.05, 0) is 30.2 Å². The predicted molar refractivity (Wildman–Crippen MR) is 72.8 cm³/mol. The van der Waals surface area contributed by atoms with Crippen LogP contribution >= 0.6 is 0 Å². The third-order valence-corrected chi connectivity index (χ3v) is 3.53. The number of phenolic OH excluding ortho intramolecular Hbond substituents is 1. The van der Waals surface area contributed by atoms with Gasteiger partial charge in [0, 0.05) is 5.56 Å². The van der Waals surface area contributed by atoms with Crippen LogP contribution in [0.1, 0.15) is 30.0 Å². The smallest absolute Gasteiger partial charge is 0.416 e. The molecule has 0 spiro atoms. The Bertz CT molecular complexity index is 637. The van der Waals surface area contributed by atoms with Crippen LogP contribution in [0.15, 0.2) is 48.5 Å². The lowest BCUT2D eigenvalue weighted by Gasteiger charge is -2.29. The highest BCUT2D eigenvalue weighted by Gasteiger charge is 2.36. The Hall–Kier alpha value is -2.01. The third kappa shape index (κ3) is 2.88. The maximum atomic E-state index is 12.8. The van der Waals surface area contributed by atoms with Crippen LogP contribution < -0.4 is 0 Å². The van der Waals surface area contributed by atoms with Gasteiger partial charge in [0.2, 0.25) is 0 Å². The lowest BCUT2D eigenvalue weighted by Crippen LogP contribution is -2.27. The van der Waals surface area contributed by atoms with Gasteiger partial charge < -0.3 is 10.2 Å². The molecule has 0 fully saturated rings.